The number of rotatable bonds is 4. The maximum absolute atomic E-state index is 11.9. The van der Waals surface area contributed by atoms with Crippen LogP contribution < -0.4 is 0 Å². The van der Waals surface area contributed by atoms with Gasteiger partial charge in [-0.2, -0.15) is 13.2 Å². The van der Waals surface area contributed by atoms with Crippen molar-refractivity contribution in [2.24, 2.45) is 0 Å². The zero-order valence-corrected chi connectivity index (χ0v) is 9.63. The average Bonchev–Trinajstić information content (AvgIpc) is 2.62. The van der Waals surface area contributed by atoms with E-state index in [0.717, 1.165) is 11.1 Å². The van der Waals surface area contributed by atoms with E-state index in [1.807, 2.05) is 24.3 Å². The van der Waals surface area contributed by atoms with Crippen molar-refractivity contribution in [2.45, 2.75) is 12.7 Å². The maximum Gasteiger partial charge on any atom is 0.411 e. The van der Waals surface area contributed by atoms with Crippen molar-refractivity contribution >= 4 is 5.84 Å². The van der Waals surface area contributed by atoms with Crippen LogP contribution in [0.15, 0.2) is 24.3 Å². The zero-order valence-electron chi connectivity index (χ0n) is 9.63. The molecule has 0 aliphatic carbocycles. The molecule has 0 aromatic heterocycles. The summed E-state index contributed by atoms with van der Waals surface area (Å²) >= 11 is 0. The summed E-state index contributed by atoms with van der Waals surface area (Å²) in [5.74, 6) is 0.348. The molecule has 98 valence electrons. The van der Waals surface area contributed by atoms with Gasteiger partial charge in [0.2, 0.25) is 0 Å². The lowest BCUT2D eigenvalue weighted by atomic mass is 10.1. The van der Waals surface area contributed by atoms with E-state index in [1.54, 1.807) is 4.90 Å². The van der Waals surface area contributed by atoms with Crippen molar-refractivity contribution in [1.29, 1.82) is 5.41 Å². The quantitative estimate of drug-likeness (QED) is 0.842. The molecule has 6 heteroatoms. The van der Waals surface area contributed by atoms with Gasteiger partial charge in [-0.05, 0) is 5.56 Å². The molecule has 18 heavy (non-hydrogen) atoms. The maximum atomic E-state index is 11.9. The van der Waals surface area contributed by atoms with Crippen molar-refractivity contribution in [1.82, 2.24) is 4.90 Å². The number of nitrogens with one attached hydrogen (secondary N) is 1. The molecule has 1 heterocycles. The lowest BCUT2D eigenvalue weighted by molar-refractivity contribution is -0.174. The van der Waals surface area contributed by atoms with Gasteiger partial charge in [-0.1, -0.05) is 24.3 Å². The van der Waals surface area contributed by atoms with Crippen molar-refractivity contribution in [3.8, 4) is 0 Å². The Morgan fingerprint density at radius 3 is 2.67 bits per heavy atom. The predicted octanol–water partition coefficient (Wildman–Crippen LogP) is 2.41. The number of amidine groups is 1. The smallest absolute Gasteiger partial charge is 0.370 e. The summed E-state index contributed by atoms with van der Waals surface area (Å²) < 4.78 is 40.1. The summed E-state index contributed by atoms with van der Waals surface area (Å²) in [4.78, 5) is 1.71. The van der Waals surface area contributed by atoms with Gasteiger partial charge in [0.25, 0.3) is 0 Å². The lowest BCUT2D eigenvalue weighted by Gasteiger charge is -2.18. The van der Waals surface area contributed by atoms with Crippen LogP contribution >= 0.6 is 0 Å². The third kappa shape index (κ3) is 3.01. The third-order valence-electron chi connectivity index (χ3n) is 2.72. The van der Waals surface area contributed by atoms with Crippen LogP contribution in [0.2, 0.25) is 0 Å². The first-order valence-corrected chi connectivity index (χ1v) is 5.53. The monoisotopic (exact) mass is 258 g/mol. The van der Waals surface area contributed by atoms with Crippen LogP contribution in [0, 0.1) is 5.41 Å². The molecule has 1 N–H and O–H groups in total. The van der Waals surface area contributed by atoms with Crippen LogP contribution in [0.25, 0.3) is 0 Å². The largest absolute Gasteiger partial charge is 0.411 e. The van der Waals surface area contributed by atoms with Crippen molar-refractivity contribution in [2.75, 3.05) is 19.8 Å². The predicted molar refractivity (Wildman–Crippen MR) is 60.6 cm³/mol. The molecule has 0 saturated heterocycles. The summed E-state index contributed by atoms with van der Waals surface area (Å²) in [5.41, 5.74) is 1.87. The minimum Gasteiger partial charge on any atom is -0.370 e. The molecule has 0 radical (unpaired) electrons. The Kier molecular flexibility index (Phi) is 3.56. The van der Waals surface area contributed by atoms with Crippen LogP contribution in [0.5, 0.6) is 0 Å². The van der Waals surface area contributed by atoms with Gasteiger partial charge in [0.1, 0.15) is 12.4 Å². The van der Waals surface area contributed by atoms with Crippen LogP contribution in [-0.2, 0) is 11.3 Å². The van der Waals surface area contributed by atoms with E-state index < -0.39 is 12.8 Å². The number of ether oxygens (including phenoxy) is 1. The Morgan fingerprint density at radius 1 is 1.28 bits per heavy atom. The number of halogens is 3. The Bertz CT molecular complexity index is 445. The number of alkyl halides is 3. The normalized spacial score (nSPS) is 15.1. The third-order valence-corrected chi connectivity index (χ3v) is 2.72. The standard InChI is InChI=1S/C12H13F3N2O/c13-12(14,15)8-18-6-5-17-7-9-3-1-2-4-10(9)11(17)16/h1-4,16H,5-8H2. The minimum absolute atomic E-state index is 0.0319. The van der Waals surface area contributed by atoms with Crippen molar-refractivity contribution < 1.29 is 17.9 Å². The molecule has 1 aliphatic rings. The van der Waals surface area contributed by atoms with E-state index in [0.29, 0.717) is 18.9 Å². The van der Waals surface area contributed by atoms with E-state index in [2.05, 4.69) is 4.74 Å². The van der Waals surface area contributed by atoms with Gasteiger partial charge in [0, 0.05) is 18.7 Å². The van der Waals surface area contributed by atoms with E-state index in [9.17, 15) is 13.2 Å². The second kappa shape index (κ2) is 4.97. The van der Waals surface area contributed by atoms with Gasteiger partial charge >= 0.3 is 6.18 Å². The fourth-order valence-electron chi connectivity index (χ4n) is 1.90. The highest BCUT2D eigenvalue weighted by atomic mass is 19.4. The molecule has 1 aliphatic heterocycles. The molecule has 0 spiro atoms. The van der Waals surface area contributed by atoms with E-state index in [-0.39, 0.29) is 6.61 Å². The first-order valence-electron chi connectivity index (χ1n) is 5.53. The Labute approximate surface area is 103 Å². The lowest BCUT2D eigenvalue weighted by Crippen LogP contribution is -2.29. The Morgan fingerprint density at radius 2 is 2.00 bits per heavy atom. The minimum atomic E-state index is -4.29. The molecule has 0 unspecified atom stereocenters. The number of fused-ring (bicyclic) bond motifs is 1. The topological polar surface area (TPSA) is 36.3 Å². The first kappa shape index (κ1) is 12.9. The summed E-state index contributed by atoms with van der Waals surface area (Å²) in [5, 5.41) is 7.89. The molecule has 3 nitrogen and oxygen atoms in total. The molecule has 0 atom stereocenters. The van der Waals surface area contributed by atoms with Gasteiger partial charge < -0.3 is 9.64 Å². The highest BCUT2D eigenvalue weighted by molar-refractivity contribution is 6.00. The zero-order chi connectivity index (χ0) is 13.2. The van der Waals surface area contributed by atoms with Crippen LogP contribution in [0.3, 0.4) is 0 Å². The second-order valence-electron chi connectivity index (χ2n) is 4.10. The average molecular weight is 258 g/mol. The van der Waals surface area contributed by atoms with Gasteiger partial charge in [0.05, 0.1) is 6.61 Å². The number of hydrogen-bond donors (Lipinski definition) is 1. The summed E-state index contributed by atoms with van der Waals surface area (Å²) in [6, 6.07) is 7.49. The van der Waals surface area contributed by atoms with Gasteiger partial charge in [-0.25, -0.2) is 0 Å². The number of hydrogen-bond acceptors (Lipinski definition) is 2. The van der Waals surface area contributed by atoms with Crippen LogP contribution in [0.4, 0.5) is 13.2 Å². The van der Waals surface area contributed by atoms with Crippen molar-refractivity contribution in [3.05, 3.63) is 35.4 Å². The number of nitrogens with zero attached hydrogens (tertiary/aromatic N) is 1. The molecular formula is C12H13F3N2O. The van der Waals surface area contributed by atoms with E-state index >= 15 is 0 Å². The van der Waals surface area contributed by atoms with E-state index in [1.165, 1.54) is 0 Å². The molecule has 1 aromatic rings. The molecule has 0 fully saturated rings. The second-order valence-corrected chi connectivity index (χ2v) is 4.10. The van der Waals surface area contributed by atoms with Gasteiger partial charge in [-0.3, -0.25) is 5.41 Å². The Balaban J connectivity index is 1.82. The number of benzene rings is 1. The molecule has 2 rings (SSSR count). The van der Waals surface area contributed by atoms with Crippen LogP contribution in [0.1, 0.15) is 11.1 Å². The molecule has 0 saturated carbocycles. The molecular weight excluding hydrogens is 245 g/mol. The van der Waals surface area contributed by atoms with Gasteiger partial charge in [0.15, 0.2) is 0 Å². The van der Waals surface area contributed by atoms with Gasteiger partial charge in [-0.15, -0.1) is 0 Å². The van der Waals surface area contributed by atoms with Crippen LogP contribution in [-0.4, -0.2) is 36.7 Å². The fourth-order valence-corrected chi connectivity index (χ4v) is 1.90. The highest BCUT2D eigenvalue weighted by Gasteiger charge is 2.28. The fraction of sp³-hybridized carbons (Fsp3) is 0.417. The summed E-state index contributed by atoms with van der Waals surface area (Å²) in [6.45, 7) is -0.412. The molecule has 0 bridgehead atoms. The molecule has 1 aromatic carbocycles. The first-order chi connectivity index (χ1) is 8.47. The summed E-state index contributed by atoms with van der Waals surface area (Å²) in [6.07, 6.45) is -4.29. The SMILES string of the molecule is N=C1c2ccccc2CN1CCOCC(F)(F)F. The summed E-state index contributed by atoms with van der Waals surface area (Å²) in [7, 11) is 0. The van der Waals surface area contributed by atoms with E-state index in [4.69, 9.17) is 5.41 Å². The Hall–Kier alpha value is -1.56. The van der Waals surface area contributed by atoms with Crippen molar-refractivity contribution in [3.63, 3.8) is 0 Å². The highest BCUT2D eigenvalue weighted by Crippen LogP contribution is 2.21. The molecule has 0 amide bonds.